The van der Waals surface area contributed by atoms with Crippen molar-refractivity contribution in [3.8, 4) is 5.75 Å². The van der Waals surface area contributed by atoms with Crippen molar-refractivity contribution < 1.29 is 22.1 Å². The maximum absolute atomic E-state index is 9.89. The first-order chi connectivity index (χ1) is 9.97. The number of rotatable bonds is 2. The Bertz CT molecular complexity index is 609. The van der Waals surface area contributed by atoms with Gasteiger partial charge in [-0.15, -0.1) is 0 Å². The molecule has 0 heterocycles. The Labute approximate surface area is 142 Å². The molecule has 110 valence electrons. The summed E-state index contributed by atoms with van der Waals surface area (Å²) in [6.07, 6.45) is 1.70. The summed E-state index contributed by atoms with van der Waals surface area (Å²) in [5, 5.41) is 9.89. The maximum atomic E-state index is 9.89. The second-order valence-corrected chi connectivity index (χ2v) is 7.27. The van der Waals surface area contributed by atoms with Crippen molar-refractivity contribution in [2.75, 3.05) is 0 Å². The molecule has 0 radical (unpaired) electrons. The average Bonchev–Trinajstić information content (AvgIpc) is 2.40. The number of nitrogens with zero attached hydrogens (tertiary/aromatic N) is 1. The number of benzene rings is 2. The fourth-order valence-corrected chi connectivity index (χ4v) is 1.96. The quantitative estimate of drug-likeness (QED) is 0.562. The van der Waals surface area contributed by atoms with Crippen molar-refractivity contribution >= 4 is 30.5 Å². The van der Waals surface area contributed by atoms with Crippen LogP contribution in [0.1, 0.15) is 22.3 Å². The Morgan fingerprint density at radius 3 is 2.19 bits per heavy atom. The van der Waals surface area contributed by atoms with Gasteiger partial charge >= 0.3 is 35.6 Å². The molecular weight excluding hydrogens is 341 g/mol. The van der Waals surface area contributed by atoms with Gasteiger partial charge in [0, 0.05) is 11.8 Å². The number of para-hydroxylation sites is 1. The molecule has 1 N–H and O–H groups in total. The second kappa shape index (κ2) is 9.27. The molecular formula is C16H17Cl2NOTi. The molecule has 0 saturated carbocycles. The van der Waals surface area contributed by atoms with Crippen LogP contribution in [-0.4, -0.2) is 11.3 Å². The van der Waals surface area contributed by atoms with Gasteiger partial charge in [-0.05, 0) is 55.7 Å². The van der Waals surface area contributed by atoms with Crippen LogP contribution in [0.5, 0.6) is 5.75 Å². The number of aryl methyl sites for hydroxylation is 3. The molecule has 0 spiro atoms. The molecule has 0 amide bonds. The minimum atomic E-state index is -0.556. The van der Waals surface area contributed by atoms with Gasteiger partial charge in [0.25, 0.3) is 0 Å². The van der Waals surface area contributed by atoms with Crippen LogP contribution >= 0.6 is 18.6 Å². The first kappa shape index (κ1) is 18.3. The molecule has 0 aromatic heterocycles. The summed E-state index contributed by atoms with van der Waals surface area (Å²) >= 11 is -0.556. The zero-order valence-corrected chi connectivity index (χ0v) is 15.3. The number of phenolic OH excluding ortho intramolecular Hbond substituents is 1. The van der Waals surface area contributed by atoms with Gasteiger partial charge in [-0.1, -0.05) is 18.2 Å². The molecule has 2 aromatic rings. The molecule has 0 bridgehead atoms. The Morgan fingerprint density at radius 1 is 1.05 bits per heavy atom. The fraction of sp³-hybridized carbons (Fsp3) is 0.188. The van der Waals surface area contributed by atoms with Gasteiger partial charge in [0.15, 0.2) is 0 Å². The monoisotopic (exact) mass is 357 g/mol. The number of hydrogen-bond donors (Lipinski definition) is 1. The summed E-state index contributed by atoms with van der Waals surface area (Å²) in [5.41, 5.74) is 4.90. The van der Waals surface area contributed by atoms with E-state index in [4.69, 9.17) is 18.6 Å². The van der Waals surface area contributed by atoms with E-state index in [1.807, 2.05) is 37.3 Å². The first-order valence-corrected chi connectivity index (χ1v) is 10.6. The Morgan fingerprint density at radius 2 is 1.62 bits per heavy atom. The predicted octanol–water partition coefficient (Wildman–Crippen LogP) is 5.44. The molecule has 2 rings (SSSR count). The Balaban J connectivity index is 0.000000677. The van der Waals surface area contributed by atoms with Gasteiger partial charge in [-0.25, -0.2) is 0 Å². The van der Waals surface area contributed by atoms with E-state index >= 15 is 0 Å². The molecule has 2 aromatic carbocycles. The van der Waals surface area contributed by atoms with Crippen molar-refractivity contribution in [1.82, 2.24) is 0 Å². The summed E-state index contributed by atoms with van der Waals surface area (Å²) in [4.78, 5) is 4.42. The van der Waals surface area contributed by atoms with Crippen LogP contribution < -0.4 is 0 Å². The van der Waals surface area contributed by atoms with Gasteiger partial charge < -0.3 is 5.11 Å². The van der Waals surface area contributed by atoms with Crippen LogP contribution in [0.2, 0.25) is 0 Å². The zero-order chi connectivity index (χ0) is 15.8. The third kappa shape index (κ3) is 6.23. The normalized spacial score (nSPS) is 10.1. The summed E-state index contributed by atoms with van der Waals surface area (Å²) in [7, 11) is 9.78. The molecule has 0 aliphatic carbocycles. The van der Waals surface area contributed by atoms with Gasteiger partial charge in [0.05, 0.1) is 5.69 Å². The van der Waals surface area contributed by atoms with Crippen molar-refractivity contribution in [3.05, 3.63) is 58.7 Å². The van der Waals surface area contributed by atoms with Crippen LogP contribution in [0.25, 0.3) is 0 Å². The van der Waals surface area contributed by atoms with Crippen LogP contribution in [0, 0.1) is 20.8 Å². The topological polar surface area (TPSA) is 32.6 Å². The predicted molar refractivity (Wildman–Crippen MR) is 87.7 cm³/mol. The van der Waals surface area contributed by atoms with Crippen molar-refractivity contribution in [2.45, 2.75) is 20.8 Å². The average molecular weight is 358 g/mol. The Kier molecular flexibility index (Phi) is 8.06. The molecule has 21 heavy (non-hydrogen) atoms. The molecule has 0 unspecified atom stereocenters. The van der Waals surface area contributed by atoms with Crippen molar-refractivity contribution in [1.29, 1.82) is 0 Å². The summed E-state index contributed by atoms with van der Waals surface area (Å²) in [6.45, 7) is 5.98. The van der Waals surface area contributed by atoms with Crippen LogP contribution in [0.15, 0.2) is 41.4 Å². The molecule has 0 aliphatic heterocycles. The molecule has 0 fully saturated rings. The number of aliphatic imine (C=N–C) groups is 1. The van der Waals surface area contributed by atoms with E-state index in [0.717, 1.165) is 16.8 Å². The number of hydrogen-bond acceptors (Lipinski definition) is 2. The van der Waals surface area contributed by atoms with Crippen molar-refractivity contribution in [3.63, 3.8) is 0 Å². The standard InChI is InChI=1S/C16H17NO.2ClH.Ti/c1-11-7-12(2)9-15(8-11)17-10-14-6-4-5-13(3)16(14)18;;;/h4-10,18H,1-3H3;2*1H;/q;;;+2/p-2. The summed E-state index contributed by atoms with van der Waals surface area (Å²) < 4.78 is 0. The van der Waals surface area contributed by atoms with Crippen LogP contribution in [0.4, 0.5) is 5.69 Å². The van der Waals surface area contributed by atoms with E-state index in [1.165, 1.54) is 11.1 Å². The molecule has 5 heteroatoms. The third-order valence-corrected chi connectivity index (χ3v) is 2.83. The van der Waals surface area contributed by atoms with Gasteiger partial charge in [-0.3, -0.25) is 4.99 Å². The molecule has 0 aliphatic rings. The molecule has 0 atom stereocenters. The first-order valence-electron chi connectivity index (χ1n) is 6.35. The van der Waals surface area contributed by atoms with E-state index in [9.17, 15) is 5.11 Å². The van der Waals surface area contributed by atoms with E-state index < -0.39 is 17.0 Å². The van der Waals surface area contributed by atoms with E-state index in [1.54, 1.807) is 6.21 Å². The summed E-state index contributed by atoms with van der Waals surface area (Å²) in [5.74, 6) is 0.297. The van der Waals surface area contributed by atoms with E-state index in [2.05, 4.69) is 24.9 Å². The molecule has 2 nitrogen and oxygen atoms in total. The number of phenols is 1. The van der Waals surface area contributed by atoms with Crippen LogP contribution in [-0.2, 0) is 17.0 Å². The Hall–Kier alpha value is -0.796. The van der Waals surface area contributed by atoms with E-state index in [0.29, 0.717) is 5.75 Å². The van der Waals surface area contributed by atoms with Gasteiger partial charge in [0.1, 0.15) is 5.75 Å². The fourth-order valence-electron chi connectivity index (χ4n) is 1.96. The van der Waals surface area contributed by atoms with Crippen molar-refractivity contribution in [2.24, 2.45) is 4.99 Å². The van der Waals surface area contributed by atoms with Gasteiger partial charge in [0.2, 0.25) is 0 Å². The van der Waals surface area contributed by atoms with Crippen LogP contribution in [0.3, 0.4) is 0 Å². The summed E-state index contributed by atoms with van der Waals surface area (Å²) in [6, 6.07) is 11.8. The molecule has 0 saturated heterocycles. The second-order valence-electron chi connectivity index (χ2n) is 4.69. The minimum absolute atomic E-state index is 0.297. The third-order valence-electron chi connectivity index (χ3n) is 2.83. The zero-order valence-electron chi connectivity index (χ0n) is 12.2. The van der Waals surface area contributed by atoms with E-state index in [-0.39, 0.29) is 0 Å². The van der Waals surface area contributed by atoms with Gasteiger partial charge in [-0.2, -0.15) is 0 Å². The number of halogens is 2. The number of aromatic hydroxyl groups is 1. The SMILES string of the molecule is Cc1cc(C)cc(N=Cc2cccc(C)c2O)c1.[Cl][Ti][Cl].